The van der Waals surface area contributed by atoms with Crippen LogP contribution in [0.25, 0.3) is 0 Å². The predicted molar refractivity (Wildman–Crippen MR) is 165 cm³/mol. The number of esters is 1. The molecule has 0 aromatic carbocycles. The summed E-state index contributed by atoms with van der Waals surface area (Å²) in [5.74, 6) is -0.493. The monoisotopic (exact) mass is 652 g/mol. The van der Waals surface area contributed by atoms with Gasteiger partial charge in [0.05, 0.1) is 19.8 Å². The summed E-state index contributed by atoms with van der Waals surface area (Å²) in [6.45, 7) is 3.30. The minimum Gasteiger partial charge on any atom is -0.457 e. The van der Waals surface area contributed by atoms with E-state index < -0.39 is 59.8 Å². The Morgan fingerprint density at radius 3 is 2.07 bits per heavy atom. The van der Waals surface area contributed by atoms with Gasteiger partial charge in [0.2, 0.25) is 0 Å². The van der Waals surface area contributed by atoms with Gasteiger partial charge in [-0.1, -0.05) is 83.1 Å². The van der Waals surface area contributed by atoms with Gasteiger partial charge in [-0.25, -0.2) is 4.18 Å². The molecular formula is C31H56O12S. The lowest BCUT2D eigenvalue weighted by Gasteiger charge is -2.41. The lowest BCUT2D eigenvalue weighted by atomic mass is 9.99. The molecule has 1 aliphatic rings. The molecule has 1 fully saturated rings. The number of aliphatic hydroxyl groups is 3. The van der Waals surface area contributed by atoms with E-state index in [0.29, 0.717) is 6.61 Å². The van der Waals surface area contributed by atoms with Crippen LogP contribution in [-0.2, 0) is 38.3 Å². The lowest BCUT2D eigenvalue weighted by Crippen LogP contribution is -2.60. The van der Waals surface area contributed by atoms with Crippen LogP contribution in [0.15, 0.2) is 24.3 Å². The molecule has 0 spiro atoms. The fraction of sp³-hybridized carbons (Fsp3) is 0.839. The van der Waals surface area contributed by atoms with Crippen LogP contribution < -0.4 is 0 Å². The van der Waals surface area contributed by atoms with Gasteiger partial charge in [-0.05, 0) is 38.5 Å². The molecule has 0 saturated carbocycles. The Morgan fingerprint density at radius 2 is 1.48 bits per heavy atom. The summed E-state index contributed by atoms with van der Waals surface area (Å²) in [5, 5.41) is 30.0. The van der Waals surface area contributed by atoms with Crippen molar-refractivity contribution in [1.82, 2.24) is 0 Å². The summed E-state index contributed by atoms with van der Waals surface area (Å²) in [4.78, 5) is 11.9. The molecule has 0 aromatic heterocycles. The van der Waals surface area contributed by atoms with Crippen molar-refractivity contribution in [2.24, 2.45) is 0 Å². The summed E-state index contributed by atoms with van der Waals surface area (Å²) in [6, 6.07) is 0. The fourth-order valence-corrected chi connectivity index (χ4v) is 5.12. The number of unbranched alkanes of at least 4 members (excludes halogenated alkanes) is 10. The number of ether oxygens (including phenoxy) is 4. The van der Waals surface area contributed by atoms with E-state index in [2.05, 4.69) is 35.4 Å². The molecule has 0 bridgehead atoms. The molecule has 1 rings (SSSR count). The van der Waals surface area contributed by atoms with Crippen molar-refractivity contribution in [3.05, 3.63) is 24.3 Å². The average molecular weight is 653 g/mol. The second kappa shape index (κ2) is 24.8. The lowest BCUT2D eigenvalue weighted by molar-refractivity contribution is -0.301. The van der Waals surface area contributed by atoms with Gasteiger partial charge in [0.15, 0.2) is 6.29 Å². The predicted octanol–water partition coefficient (Wildman–Crippen LogP) is 4.17. The smallest absolute Gasteiger partial charge is 0.397 e. The van der Waals surface area contributed by atoms with Crippen LogP contribution in [-0.4, -0.2) is 97.5 Å². The first kappa shape index (κ1) is 40.6. The Morgan fingerprint density at radius 1 is 0.864 bits per heavy atom. The van der Waals surface area contributed by atoms with Gasteiger partial charge >= 0.3 is 16.4 Å². The van der Waals surface area contributed by atoms with Gasteiger partial charge in [-0.15, -0.1) is 0 Å². The summed E-state index contributed by atoms with van der Waals surface area (Å²) in [7, 11) is -5.04. The SMILES string of the molecule is CCCCCC/C=C\C/C=C\CCCCCCCCOCC(COC1OC(CO)C(O)C(OS(=O)(=O)O)C1O)OC(=O)CC. The van der Waals surface area contributed by atoms with E-state index in [1.165, 1.54) is 44.9 Å². The molecule has 0 aliphatic carbocycles. The summed E-state index contributed by atoms with van der Waals surface area (Å²) in [5.41, 5.74) is 0. The Kier molecular flexibility index (Phi) is 22.9. The fourth-order valence-electron chi connectivity index (χ4n) is 4.62. The van der Waals surface area contributed by atoms with Crippen LogP contribution >= 0.6 is 0 Å². The van der Waals surface area contributed by atoms with Crippen molar-refractivity contribution >= 4 is 16.4 Å². The van der Waals surface area contributed by atoms with Crippen LogP contribution in [0.4, 0.5) is 0 Å². The second-order valence-electron chi connectivity index (χ2n) is 11.0. The van der Waals surface area contributed by atoms with Gasteiger partial charge in [0, 0.05) is 13.0 Å². The standard InChI is InChI=1S/C31H56O12S/c1-3-5-6-7-8-9-10-11-12-13-14-15-16-17-18-19-20-21-39-23-25(41-27(33)4-2)24-40-31-29(35)30(43-44(36,37)38)28(34)26(22-32)42-31/h9-10,12-13,25-26,28-32,34-35H,3-8,11,14-24H2,1-2H3,(H,36,37,38)/b10-9-,13-12-. The van der Waals surface area contributed by atoms with E-state index in [1.54, 1.807) is 6.92 Å². The Labute approximate surface area is 263 Å². The van der Waals surface area contributed by atoms with E-state index in [1.807, 2.05) is 0 Å². The first-order chi connectivity index (χ1) is 21.1. The topological polar surface area (TPSA) is 178 Å². The number of hydrogen-bond donors (Lipinski definition) is 4. The maximum Gasteiger partial charge on any atom is 0.397 e. The van der Waals surface area contributed by atoms with E-state index in [9.17, 15) is 28.5 Å². The summed E-state index contributed by atoms with van der Waals surface area (Å²) >= 11 is 0. The summed E-state index contributed by atoms with van der Waals surface area (Å²) < 4.78 is 57.5. The van der Waals surface area contributed by atoms with Crippen molar-refractivity contribution in [2.75, 3.05) is 26.4 Å². The molecule has 6 atom stereocenters. The van der Waals surface area contributed by atoms with E-state index >= 15 is 0 Å². The molecule has 258 valence electrons. The van der Waals surface area contributed by atoms with Gasteiger partial charge < -0.3 is 34.3 Å². The summed E-state index contributed by atoms with van der Waals surface area (Å²) in [6.07, 6.45) is 14.9. The Hall–Kier alpha value is -1.42. The van der Waals surface area contributed by atoms with Crippen LogP contribution in [0.3, 0.4) is 0 Å². The number of carbonyl (C=O) groups excluding carboxylic acids is 1. The molecule has 12 nitrogen and oxygen atoms in total. The highest BCUT2D eigenvalue weighted by Crippen LogP contribution is 2.25. The largest absolute Gasteiger partial charge is 0.457 e. The molecule has 44 heavy (non-hydrogen) atoms. The molecule has 1 heterocycles. The molecule has 1 aliphatic heterocycles. The Bertz CT molecular complexity index is 894. The number of carbonyl (C=O) groups is 1. The van der Waals surface area contributed by atoms with Crippen molar-refractivity contribution in [3.8, 4) is 0 Å². The third kappa shape index (κ3) is 19.2. The van der Waals surface area contributed by atoms with Crippen LogP contribution in [0.2, 0.25) is 0 Å². The zero-order valence-corrected chi connectivity index (χ0v) is 27.3. The molecule has 1 saturated heterocycles. The molecule has 13 heteroatoms. The highest BCUT2D eigenvalue weighted by atomic mass is 32.3. The van der Waals surface area contributed by atoms with E-state index in [0.717, 1.165) is 38.5 Å². The van der Waals surface area contributed by atoms with Crippen LogP contribution in [0.5, 0.6) is 0 Å². The van der Waals surface area contributed by atoms with E-state index in [4.69, 9.17) is 23.5 Å². The molecule has 4 N–H and O–H groups in total. The van der Waals surface area contributed by atoms with Crippen molar-refractivity contribution in [1.29, 1.82) is 0 Å². The molecular weight excluding hydrogens is 596 g/mol. The first-order valence-electron chi connectivity index (χ1n) is 16.1. The van der Waals surface area contributed by atoms with Crippen molar-refractivity contribution in [3.63, 3.8) is 0 Å². The second-order valence-corrected chi connectivity index (χ2v) is 12.1. The van der Waals surface area contributed by atoms with Gasteiger partial charge in [-0.2, -0.15) is 8.42 Å². The minimum absolute atomic E-state index is 0.0198. The number of aliphatic hydroxyl groups excluding tert-OH is 3. The number of allylic oxidation sites excluding steroid dienone is 4. The highest BCUT2D eigenvalue weighted by molar-refractivity contribution is 7.80. The zero-order valence-electron chi connectivity index (χ0n) is 26.5. The average Bonchev–Trinajstić information content (AvgIpc) is 2.99. The number of hydrogen-bond acceptors (Lipinski definition) is 11. The van der Waals surface area contributed by atoms with Crippen molar-refractivity contribution < 1.29 is 56.2 Å². The molecule has 6 unspecified atom stereocenters. The molecule has 0 radical (unpaired) electrons. The third-order valence-corrected chi connectivity index (χ3v) is 7.60. The third-order valence-electron chi connectivity index (χ3n) is 7.13. The van der Waals surface area contributed by atoms with Crippen molar-refractivity contribution in [2.45, 2.75) is 141 Å². The molecule has 0 amide bonds. The Balaban J connectivity index is 2.28. The first-order valence-corrected chi connectivity index (χ1v) is 17.5. The number of rotatable bonds is 26. The molecule has 0 aromatic rings. The van der Waals surface area contributed by atoms with Gasteiger partial charge in [0.25, 0.3) is 0 Å². The van der Waals surface area contributed by atoms with E-state index in [-0.39, 0.29) is 19.6 Å². The maximum atomic E-state index is 11.9. The van der Waals surface area contributed by atoms with Gasteiger partial charge in [0.1, 0.15) is 30.5 Å². The zero-order chi connectivity index (χ0) is 32.6. The minimum atomic E-state index is -5.04. The van der Waals surface area contributed by atoms with Crippen LogP contribution in [0, 0.1) is 0 Å². The highest BCUT2D eigenvalue weighted by Gasteiger charge is 2.48. The normalized spacial score (nSPS) is 23.5. The van der Waals surface area contributed by atoms with Crippen LogP contribution in [0.1, 0.15) is 104 Å². The van der Waals surface area contributed by atoms with Gasteiger partial charge in [-0.3, -0.25) is 9.35 Å². The quantitative estimate of drug-likeness (QED) is 0.0454. The maximum absolute atomic E-state index is 11.9.